The number of aliphatic carboxylic acids is 1. The van der Waals surface area contributed by atoms with Gasteiger partial charge in [-0.2, -0.15) is 0 Å². The molecule has 98 valence electrons. The Morgan fingerprint density at radius 2 is 1.79 bits per heavy atom. The Kier molecular flexibility index (Phi) is 3.92. The van der Waals surface area contributed by atoms with Gasteiger partial charge < -0.3 is 9.84 Å². The van der Waals surface area contributed by atoms with Gasteiger partial charge in [-0.25, -0.2) is 9.18 Å². The van der Waals surface area contributed by atoms with Crippen molar-refractivity contribution in [1.82, 2.24) is 0 Å². The van der Waals surface area contributed by atoms with Crippen LogP contribution in [-0.2, 0) is 9.53 Å². The monoisotopic (exact) mass is 260 g/mol. The molecule has 1 N–H and O–H groups in total. The summed E-state index contributed by atoms with van der Waals surface area (Å²) in [5.41, 5.74) is 2.01. The van der Waals surface area contributed by atoms with E-state index in [9.17, 15) is 9.18 Å². The summed E-state index contributed by atoms with van der Waals surface area (Å²) in [4.78, 5) is 11.2. The van der Waals surface area contributed by atoms with Crippen LogP contribution < -0.4 is 0 Å². The van der Waals surface area contributed by atoms with E-state index in [4.69, 9.17) is 9.84 Å². The number of halogens is 1. The molecule has 4 heteroatoms. The van der Waals surface area contributed by atoms with Crippen LogP contribution in [0.1, 0.15) is 11.7 Å². The maximum absolute atomic E-state index is 12.9. The van der Waals surface area contributed by atoms with Gasteiger partial charge in [0.05, 0.1) is 0 Å². The predicted octanol–water partition coefficient (Wildman–Crippen LogP) is 3.26. The molecule has 1 atom stereocenters. The van der Waals surface area contributed by atoms with Crippen LogP contribution in [0.2, 0.25) is 0 Å². The molecule has 0 amide bonds. The van der Waals surface area contributed by atoms with Gasteiger partial charge in [-0.3, -0.25) is 0 Å². The van der Waals surface area contributed by atoms with Crippen LogP contribution in [0.4, 0.5) is 4.39 Å². The third-order valence-corrected chi connectivity index (χ3v) is 2.86. The molecule has 0 heterocycles. The van der Waals surface area contributed by atoms with E-state index in [1.165, 1.54) is 19.2 Å². The van der Waals surface area contributed by atoms with Gasteiger partial charge in [-0.1, -0.05) is 36.4 Å². The van der Waals surface area contributed by atoms with Crippen LogP contribution in [0.25, 0.3) is 11.1 Å². The molecule has 0 fully saturated rings. The third-order valence-electron chi connectivity index (χ3n) is 2.86. The molecule has 19 heavy (non-hydrogen) atoms. The lowest BCUT2D eigenvalue weighted by atomic mass is 9.96. The second-order valence-corrected chi connectivity index (χ2v) is 4.05. The zero-order valence-corrected chi connectivity index (χ0v) is 10.3. The van der Waals surface area contributed by atoms with Gasteiger partial charge in [0.1, 0.15) is 5.82 Å². The Hall–Kier alpha value is -2.20. The van der Waals surface area contributed by atoms with Crippen LogP contribution in [0, 0.1) is 5.82 Å². The van der Waals surface area contributed by atoms with Crippen molar-refractivity contribution in [2.24, 2.45) is 0 Å². The van der Waals surface area contributed by atoms with Crippen LogP contribution in [0.3, 0.4) is 0 Å². The minimum atomic E-state index is -1.06. The first-order valence-corrected chi connectivity index (χ1v) is 5.74. The largest absolute Gasteiger partial charge is 0.479 e. The second-order valence-electron chi connectivity index (χ2n) is 4.05. The number of carbonyl (C=O) groups is 1. The van der Waals surface area contributed by atoms with Crippen molar-refractivity contribution >= 4 is 5.97 Å². The number of hydrogen-bond acceptors (Lipinski definition) is 2. The van der Waals surface area contributed by atoms with E-state index in [-0.39, 0.29) is 5.82 Å². The lowest BCUT2D eigenvalue weighted by Crippen LogP contribution is -2.14. The van der Waals surface area contributed by atoms with Crippen molar-refractivity contribution in [2.45, 2.75) is 6.10 Å². The van der Waals surface area contributed by atoms with E-state index in [0.717, 1.165) is 11.1 Å². The summed E-state index contributed by atoms with van der Waals surface area (Å²) in [5.74, 6) is -1.39. The van der Waals surface area contributed by atoms with Gasteiger partial charge >= 0.3 is 5.97 Å². The number of carboxylic acids is 1. The summed E-state index contributed by atoms with van der Waals surface area (Å²) in [5, 5.41) is 9.16. The lowest BCUT2D eigenvalue weighted by molar-refractivity contribution is -0.148. The molecule has 0 bridgehead atoms. The average molecular weight is 260 g/mol. The summed E-state index contributed by atoms with van der Waals surface area (Å²) < 4.78 is 17.9. The SMILES string of the molecule is COC(C(=O)O)c1ccccc1-c1ccc(F)cc1. The van der Waals surface area contributed by atoms with Crippen molar-refractivity contribution in [2.75, 3.05) is 7.11 Å². The first-order valence-electron chi connectivity index (χ1n) is 5.74. The highest BCUT2D eigenvalue weighted by atomic mass is 19.1. The zero-order valence-electron chi connectivity index (χ0n) is 10.3. The molecule has 0 spiro atoms. The van der Waals surface area contributed by atoms with Gasteiger partial charge in [0, 0.05) is 7.11 Å². The number of hydrogen-bond donors (Lipinski definition) is 1. The summed E-state index contributed by atoms with van der Waals surface area (Å²) in [6.07, 6.45) is -1.04. The fourth-order valence-electron chi connectivity index (χ4n) is 1.98. The quantitative estimate of drug-likeness (QED) is 0.917. The molecule has 0 saturated carbocycles. The smallest absolute Gasteiger partial charge is 0.337 e. The first kappa shape index (κ1) is 13.2. The van der Waals surface area contributed by atoms with Gasteiger partial charge in [-0.05, 0) is 28.8 Å². The minimum absolute atomic E-state index is 0.331. The minimum Gasteiger partial charge on any atom is -0.479 e. The van der Waals surface area contributed by atoms with Crippen molar-refractivity contribution < 1.29 is 19.0 Å². The Morgan fingerprint density at radius 1 is 1.16 bits per heavy atom. The highest BCUT2D eigenvalue weighted by Crippen LogP contribution is 2.30. The van der Waals surface area contributed by atoms with E-state index >= 15 is 0 Å². The molecule has 0 saturated heterocycles. The Bertz CT molecular complexity index is 578. The Balaban J connectivity index is 2.52. The Morgan fingerprint density at radius 3 is 2.37 bits per heavy atom. The fourth-order valence-corrected chi connectivity index (χ4v) is 1.98. The van der Waals surface area contributed by atoms with E-state index < -0.39 is 12.1 Å². The molecule has 2 aromatic rings. The van der Waals surface area contributed by atoms with Gasteiger partial charge in [0.2, 0.25) is 0 Å². The number of methoxy groups -OCH3 is 1. The lowest BCUT2D eigenvalue weighted by Gasteiger charge is -2.15. The highest BCUT2D eigenvalue weighted by molar-refractivity contribution is 5.79. The van der Waals surface area contributed by atoms with Crippen LogP contribution in [0.15, 0.2) is 48.5 Å². The topological polar surface area (TPSA) is 46.5 Å². The van der Waals surface area contributed by atoms with E-state index in [1.54, 1.807) is 36.4 Å². The molecular weight excluding hydrogens is 247 g/mol. The van der Waals surface area contributed by atoms with Crippen molar-refractivity contribution in [3.63, 3.8) is 0 Å². The first-order chi connectivity index (χ1) is 9.13. The summed E-state index contributed by atoms with van der Waals surface area (Å²) in [7, 11) is 1.35. The highest BCUT2D eigenvalue weighted by Gasteiger charge is 2.22. The summed E-state index contributed by atoms with van der Waals surface area (Å²) in [6.45, 7) is 0. The molecule has 2 aromatic carbocycles. The Labute approximate surface area is 110 Å². The molecule has 0 aliphatic heterocycles. The maximum atomic E-state index is 12.9. The maximum Gasteiger partial charge on any atom is 0.337 e. The molecule has 0 aliphatic carbocycles. The van der Waals surface area contributed by atoms with Gasteiger partial charge in [-0.15, -0.1) is 0 Å². The number of rotatable bonds is 4. The standard InChI is InChI=1S/C15H13FO3/c1-19-14(15(17)18)13-5-3-2-4-12(13)10-6-8-11(16)9-7-10/h2-9,14H,1H3,(H,17,18). The van der Waals surface area contributed by atoms with Crippen molar-refractivity contribution in [3.05, 3.63) is 59.9 Å². The predicted molar refractivity (Wildman–Crippen MR) is 69.2 cm³/mol. The number of ether oxygens (including phenoxy) is 1. The van der Waals surface area contributed by atoms with E-state index in [2.05, 4.69) is 0 Å². The fraction of sp³-hybridized carbons (Fsp3) is 0.133. The van der Waals surface area contributed by atoms with Crippen molar-refractivity contribution in [3.8, 4) is 11.1 Å². The molecule has 3 nitrogen and oxygen atoms in total. The van der Waals surface area contributed by atoms with Crippen molar-refractivity contribution in [1.29, 1.82) is 0 Å². The molecule has 1 unspecified atom stereocenters. The molecule has 0 aliphatic rings. The average Bonchev–Trinajstić information content (AvgIpc) is 2.41. The van der Waals surface area contributed by atoms with Crippen LogP contribution in [0.5, 0.6) is 0 Å². The zero-order chi connectivity index (χ0) is 13.8. The van der Waals surface area contributed by atoms with E-state index in [1.807, 2.05) is 0 Å². The molecular formula is C15H13FO3. The van der Waals surface area contributed by atoms with Gasteiger partial charge in [0.25, 0.3) is 0 Å². The number of carboxylic acid groups (broad SMARTS) is 1. The molecule has 0 aromatic heterocycles. The molecule has 2 rings (SSSR count). The summed E-state index contributed by atoms with van der Waals surface area (Å²) in [6, 6.07) is 12.9. The van der Waals surface area contributed by atoms with Crippen LogP contribution in [-0.4, -0.2) is 18.2 Å². The van der Waals surface area contributed by atoms with Gasteiger partial charge in [0.15, 0.2) is 6.10 Å². The third kappa shape index (κ3) is 2.80. The molecule has 0 radical (unpaired) electrons. The normalized spacial score (nSPS) is 12.1. The number of benzene rings is 2. The summed E-state index contributed by atoms with van der Waals surface area (Å²) >= 11 is 0. The van der Waals surface area contributed by atoms with E-state index in [0.29, 0.717) is 5.56 Å². The second kappa shape index (κ2) is 5.63. The van der Waals surface area contributed by atoms with Crippen LogP contribution >= 0.6 is 0 Å².